The molecule has 65 heavy (non-hydrogen) atoms. The fourth-order valence-corrected chi connectivity index (χ4v) is 6.75. The summed E-state index contributed by atoms with van der Waals surface area (Å²) in [6.07, 6.45) is 71.8. The molecule has 0 aromatic heterocycles. The molecule has 0 amide bonds. The van der Waals surface area contributed by atoms with Crippen LogP contribution in [0.25, 0.3) is 0 Å². The Morgan fingerprint density at radius 2 is 0.600 bits per heavy atom. The Morgan fingerprint density at radius 1 is 0.323 bits per heavy atom. The van der Waals surface area contributed by atoms with Gasteiger partial charge in [0, 0.05) is 19.3 Å². The zero-order valence-electron chi connectivity index (χ0n) is 41.7. The van der Waals surface area contributed by atoms with Gasteiger partial charge >= 0.3 is 17.9 Å². The molecule has 0 aliphatic heterocycles. The van der Waals surface area contributed by atoms with Crippen LogP contribution in [0.1, 0.15) is 213 Å². The summed E-state index contributed by atoms with van der Waals surface area (Å²) in [5.41, 5.74) is 0. The van der Waals surface area contributed by atoms with E-state index in [-0.39, 0.29) is 37.5 Å². The lowest BCUT2D eigenvalue weighted by atomic mass is 10.1. The van der Waals surface area contributed by atoms with Crippen LogP contribution in [-0.4, -0.2) is 37.2 Å². The first-order chi connectivity index (χ1) is 32.0. The molecule has 0 rings (SSSR count). The molecule has 0 N–H and O–H groups in total. The third kappa shape index (κ3) is 50.7. The van der Waals surface area contributed by atoms with E-state index >= 15 is 0 Å². The predicted molar refractivity (Wildman–Crippen MR) is 279 cm³/mol. The number of carbonyl (C=O) groups excluding carboxylic acids is 3. The van der Waals surface area contributed by atoms with Crippen molar-refractivity contribution in [1.29, 1.82) is 0 Å². The number of carbonyl (C=O) groups is 3. The highest BCUT2D eigenvalue weighted by Crippen LogP contribution is 2.14. The first-order valence-electron chi connectivity index (χ1n) is 26.2. The van der Waals surface area contributed by atoms with Crippen LogP contribution in [0.15, 0.2) is 122 Å². The Morgan fingerprint density at radius 3 is 0.969 bits per heavy atom. The first kappa shape index (κ1) is 60.8. The molecule has 0 aliphatic carbocycles. The van der Waals surface area contributed by atoms with Crippen LogP contribution < -0.4 is 0 Å². The quantitative estimate of drug-likeness (QED) is 0.0262. The fourth-order valence-electron chi connectivity index (χ4n) is 6.75. The highest BCUT2D eigenvalue weighted by Gasteiger charge is 2.19. The SMILES string of the molecule is CC\C=C/C=C\C=C/C=C\CCCCCCCC(=O)OC(COC(=O)CCCCC\C=C/C=C\C=C/C=C\CC)COC(=O)CCCCCCCCCCCC/C=C\C=C/CCCCC. The van der Waals surface area contributed by atoms with Gasteiger partial charge in [0.1, 0.15) is 13.2 Å². The second kappa shape index (κ2) is 52.4. The lowest BCUT2D eigenvalue weighted by Gasteiger charge is -2.18. The molecule has 1 atom stereocenters. The summed E-state index contributed by atoms with van der Waals surface area (Å²) in [6, 6.07) is 0. The Bertz CT molecular complexity index is 1400. The molecule has 0 saturated heterocycles. The van der Waals surface area contributed by atoms with Crippen molar-refractivity contribution in [1.82, 2.24) is 0 Å². The van der Waals surface area contributed by atoms with Gasteiger partial charge in [-0.05, 0) is 83.5 Å². The minimum absolute atomic E-state index is 0.106. The summed E-state index contributed by atoms with van der Waals surface area (Å²) in [5, 5.41) is 0. The van der Waals surface area contributed by atoms with Crippen molar-refractivity contribution in [2.75, 3.05) is 13.2 Å². The predicted octanol–water partition coefficient (Wildman–Crippen LogP) is 17.3. The van der Waals surface area contributed by atoms with Crippen molar-refractivity contribution in [3.05, 3.63) is 122 Å². The standard InChI is InChI=1S/C59H94O6/c1-4-7-10-13-16-19-22-25-27-28-29-30-32-34-37-40-43-46-49-52-58(61)64-55-56(54-63-57(60)51-48-45-42-39-36-33-24-21-18-15-12-9-6-3)65-59(62)53-50-47-44-41-38-35-31-26-23-20-17-14-11-8-5-2/h8-9,11-12,14-26,31,33,36,56H,4-7,10,13,27-30,32,34-35,37-55H2,1-3H3/b11-8-,12-9-,17-14-,18-15-,19-16-,23-20-,24-21-,25-22-,31-26-,36-33-. The van der Waals surface area contributed by atoms with Crippen molar-refractivity contribution in [3.63, 3.8) is 0 Å². The highest BCUT2D eigenvalue weighted by atomic mass is 16.6. The van der Waals surface area contributed by atoms with Crippen LogP contribution in [0.3, 0.4) is 0 Å². The average Bonchev–Trinajstić information content (AvgIpc) is 3.30. The number of rotatable bonds is 45. The van der Waals surface area contributed by atoms with Crippen LogP contribution in [0.5, 0.6) is 0 Å². The number of esters is 3. The van der Waals surface area contributed by atoms with Gasteiger partial charge in [-0.2, -0.15) is 0 Å². The molecule has 6 heteroatoms. The number of allylic oxidation sites excluding steroid dienone is 20. The van der Waals surface area contributed by atoms with Gasteiger partial charge in [0.05, 0.1) is 0 Å². The smallest absolute Gasteiger partial charge is 0.306 e. The Kier molecular flexibility index (Phi) is 49.1. The maximum atomic E-state index is 12.8. The molecule has 0 aromatic rings. The molecule has 0 radical (unpaired) electrons. The summed E-state index contributed by atoms with van der Waals surface area (Å²) in [7, 11) is 0. The summed E-state index contributed by atoms with van der Waals surface area (Å²) < 4.78 is 16.7. The topological polar surface area (TPSA) is 78.9 Å². The molecule has 0 saturated carbocycles. The first-order valence-corrected chi connectivity index (χ1v) is 26.2. The normalized spacial score (nSPS) is 13.1. The zero-order chi connectivity index (χ0) is 47.2. The summed E-state index contributed by atoms with van der Waals surface area (Å²) in [5.74, 6) is -0.980. The highest BCUT2D eigenvalue weighted by molar-refractivity contribution is 5.71. The van der Waals surface area contributed by atoms with E-state index < -0.39 is 6.10 Å². The molecular weight excluding hydrogens is 805 g/mol. The van der Waals surface area contributed by atoms with Crippen LogP contribution in [-0.2, 0) is 28.6 Å². The van der Waals surface area contributed by atoms with E-state index in [1.54, 1.807) is 0 Å². The third-order valence-corrected chi connectivity index (χ3v) is 10.6. The van der Waals surface area contributed by atoms with E-state index in [2.05, 4.69) is 81.5 Å². The molecular formula is C59H94O6. The van der Waals surface area contributed by atoms with Gasteiger partial charge in [-0.3, -0.25) is 14.4 Å². The van der Waals surface area contributed by atoms with Crippen molar-refractivity contribution >= 4 is 17.9 Å². The van der Waals surface area contributed by atoms with E-state index in [1.165, 1.54) is 77.0 Å². The van der Waals surface area contributed by atoms with Crippen molar-refractivity contribution in [2.24, 2.45) is 0 Å². The van der Waals surface area contributed by atoms with Gasteiger partial charge in [-0.25, -0.2) is 0 Å². The van der Waals surface area contributed by atoms with Gasteiger partial charge in [0.15, 0.2) is 6.10 Å². The van der Waals surface area contributed by atoms with Crippen molar-refractivity contribution < 1.29 is 28.6 Å². The fraction of sp³-hybridized carbons (Fsp3) is 0.610. The Labute approximate surface area is 399 Å². The number of unbranched alkanes of at least 4 members (excludes halogenated alkanes) is 21. The van der Waals surface area contributed by atoms with Gasteiger partial charge < -0.3 is 14.2 Å². The molecule has 6 nitrogen and oxygen atoms in total. The van der Waals surface area contributed by atoms with E-state index in [1.807, 2.05) is 60.8 Å². The van der Waals surface area contributed by atoms with Crippen LogP contribution in [0.4, 0.5) is 0 Å². The number of ether oxygens (including phenoxy) is 3. The van der Waals surface area contributed by atoms with Crippen LogP contribution >= 0.6 is 0 Å². The Hall–Kier alpha value is -4.19. The monoisotopic (exact) mass is 899 g/mol. The lowest BCUT2D eigenvalue weighted by molar-refractivity contribution is -0.167. The minimum atomic E-state index is -0.811. The maximum Gasteiger partial charge on any atom is 0.306 e. The molecule has 0 spiro atoms. The second-order valence-electron chi connectivity index (χ2n) is 16.9. The summed E-state index contributed by atoms with van der Waals surface area (Å²) in [4.78, 5) is 38.0. The molecule has 0 aromatic carbocycles. The second-order valence-corrected chi connectivity index (χ2v) is 16.9. The molecule has 1 unspecified atom stereocenters. The molecule has 366 valence electrons. The summed E-state index contributed by atoms with van der Waals surface area (Å²) in [6.45, 7) is 6.26. The van der Waals surface area contributed by atoms with Crippen molar-refractivity contribution in [2.45, 2.75) is 219 Å². The van der Waals surface area contributed by atoms with Gasteiger partial charge in [0.2, 0.25) is 0 Å². The molecule has 0 bridgehead atoms. The zero-order valence-corrected chi connectivity index (χ0v) is 41.7. The molecule has 0 heterocycles. The average molecular weight is 899 g/mol. The van der Waals surface area contributed by atoms with Gasteiger partial charge in [-0.15, -0.1) is 0 Å². The van der Waals surface area contributed by atoms with E-state index in [4.69, 9.17) is 14.2 Å². The van der Waals surface area contributed by atoms with Gasteiger partial charge in [-0.1, -0.05) is 232 Å². The van der Waals surface area contributed by atoms with E-state index in [0.29, 0.717) is 12.8 Å². The van der Waals surface area contributed by atoms with Crippen LogP contribution in [0.2, 0.25) is 0 Å². The van der Waals surface area contributed by atoms with E-state index in [9.17, 15) is 14.4 Å². The van der Waals surface area contributed by atoms with Crippen molar-refractivity contribution in [3.8, 4) is 0 Å². The maximum absolute atomic E-state index is 12.8. The third-order valence-electron chi connectivity index (χ3n) is 10.6. The van der Waals surface area contributed by atoms with Crippen LogP contribution in [0, 0.1) is 0 Å². The largest absolute Gasteiger partial charge is 0.462 e. The van der Waals surface area contributed by atoms with Gasteiger partial charge in [0.25, 0.3) is 0 Å². The minimum Gasteiger partial charge on any atom is -0.462 e. The molecule has 0 fully saturated rings. The number of hydrogen-bond donors (Lipinski definition) is 0. The Balaban J connectivity index is 4.47. The lowest BCUT2D eigenvalue weighted by Crippen LogP contribution is -2.30. The summed E-state index contributed by atoms with van der Waals surface area (Å²) >= 11 is 0. The molecule has 0 aliphatic rings. The van der Waals surface area contributed by atoms with E-state index in [0.717, 1.165) is 96.3 Å². The number of hydrogen-bond acceptors (Lipinski definition) is 6.